The number of carbonyl (C=O) groups excluding carboxylic acids is 2. The molecule has 9 heteroatoms. The summed E-state index contributed by atoms with van der Waals surface area (Å²) in [5.74, 6) is -1.20. The fourth-order valence-electron chi connectivity index (χ4n) is 2.78. The van der Waals surface area contributed by atoms with E-state index in [9.17, 15) is 19.7 Å². The van der Waals surface area contributed by atoms with Gasteiger partial charge in [-0.3, -0.25) is 19.7 Å². The second-order valence-electron chi connectivity index (χ2n) is 5.68. The predicted molar refractivity (Wildman–Crippen MR) is 87.5 cm³/mol. The summed E-state index contributed by atoms with van der Waals surface area (Å²) in [5.41, 5.74) is 0.111. The zero-order chi connectivity index (χ0) is 17.4. The van der Waals surface area contributed by atoms with Crippen LogP contribution in [-0.2, 0) is 9.59 Å². The van der Waals surface area contributed by atoms with E-state index in [-0.39, 0.29) is 22.1 Å². The van der Waals surface area contributed by atoms with E-state index in [1.807, 2.05) is 7.05 Å². The van der Waals surface area contributed by atoms with Gasteiger partial charge in [-0.2, -0.15) is 0 Å². The summed E-state index contributed by atoms with van der Waals surface area (Å²) >= 11 is 6.12. The van der Waals surface area contributed by atoms with Crippen LogP contribution in [-0.4, -0.2) is 59.8 Å². The smallest absolute Gasteiger partial charge is 0.283 e. The Morgan fingerprint density at radius 2 is 1.79 bits per heavy atom. The van der Waals surface area contributed by atoms with Gasteiger partial charge in [-0.25, -0.2) is 4.90 Å². The predicted octanol–water partition coefficient (Wildman–Crippen LogP) is 1.17. The minimum Gasteiger partial charge on any atom is -0.363 e. The molecule has 1 fully saturated rings. The van der Waals surface area contributed by atoms with Crippen molar-refractivity contribution in [2.75, 3.05) is 38.1 Å². The van der Waals surface area contributed by atoms with E-state index in [2.05, 4.69) is 4.90 Å². The zero-order valence-corrected chi connectivity index (χ0v) is 13.7. The van der Waals surface area contributed by atoms with E-state index >= 15 is 0 Å². The van der Waals surface area contributed by atoms with E-state index in [1.54, 1.807) is 4.90 Å². The van der Waals surface area contributed by atoms with Crippen molar-refractivity contribution in [1.29, 1.82) is 0 Å². The molecule has 2 aliphatic rings. The molecule has 2 aliphatic heterocycles. The Balaban J connectivity index is 1.91. The standard InChI is InChI=1S/C15H15ClN4O4/c1-17-5-7-18(8-6-17)13-12(16)14(21)19(15(13)22)10-3-2-4-11(9-10)20(23)24/h2-4,9H,5-8H2,1H3. The first kappa shape index (κ1) is 16.4. The highest BCUT2D eigenvalue weighted by Crippen LogP contribution is 2.32. The first-order chi connectivity index (χ1) is 11.4. The first-order valence-electron chi connectivity index (χ1n) is 7.36. The molecule has 0 aromatic heterocycles. The van der Waals surface area contributed by atoms with E-state index < -0.39 is 16.7 Å². The maximum atomic E-state index is 12.7. The number of benzene rings is 1. The molecule has 3 rings (SSSR count). The van der Waals surface area contributed by atoms with Crippen molar-refractivity contribution in [3.8, 4) is 0 Å². The molecule has 0 atom stereocenters. The molecule has 2 heterocycles. The maximum absolute atomic E-state index is 12.7. The molecule has 0 unspecified atom stereocenters. The number of hydrogen-bond donors (Lipinski definition) is 0. The number of hydrogen-bond acceptors (Lipinski definition) is 6. The summed E-state index contributed by atoms with van der Waals surface area (Å²) in [7, 11) is 1.98. The number of anilines is 1. The average Bonchev–Trinajstić information content (AvgIpc) is 2.78. The molecule has 0 radical (unpaired) electrons. The van der Waals surface area contributed by atoms with Crippen molar-refractivity contribution < 1.29 is 14.5 Å². The lowest BCUT2D eigenvalue weighted by Gasteiger charge is -2.34. The van der Waals surface area contributed by atoms with Gasteiger partial charge in [-0.15, -0.1) is 0 Å². The Hall–Kier alpha value is -2.45. The van der Waals surface area contributed by atoms with Crippen LogP contribution in [0.5, 0.6) is 0 Å². The fourth-order valence-corrected chi connectivity index (χ4v) is 3.06. The molecule has 2 amide bonds. The second kappa shape index (κ2) is 6.21. The van der Waals surface area contributed by atoms with E-state index in [0.29, 0.717) is 13.1 Å². The number of piperazine rings is 1. The van der Waals surface area contributed by atoms with Crippen LogP contribution in [0.4, 0.5) is 11.4 Å². The lowest BCUT2D eigenvalue weighted by Crippen LogP contribution is -2.46. The monoisotopic (exact) mass is 350 g/mol. The van der Waals surface area contributed by atoms with Crippen LogP contribution in [0.15, 0.2) is 35.0 Å². The third-order valence-electron chi connectivity index (χ3n) is 4.12. The summed E-state index contributed by atoms with van der Waals surface area (Å²) in [5, 5.41) is 10.8. The quantitative estimate of drug-likeness (QED) is 0.462. The molecule has 8 nitrogen and oxygen atoms in total. The molecule has 0 N–H and O–H groups in total. The van der Waals surface area contributed by atoms with Crippen molar-refractivity contribution in [2.45, 2.75) is 0 Å². The number of halogens is 1. The number of nitro groups is 1. The Morgan fingerprint density at radius 1 is 1.12 bits per heavy atom. The van der Waals surface area contributed by atoms with Gasteiger partial charge in [0.05, 0.1) is 10.6 Å². The summed E-state index contributed by atoms with van der Waals surface area (Å²) < 4.78 is 0. The molecular weight excluding hydrogens is 336 g/mol. The van der Waals surface area contributed by atoms with Crippen LogP contribution in [0.3, 0.4) is 0 Å². The highest BCUT2D eigenvalue weighted by Gasteiger charge is 2.42. The van der Waals surface area contributed by atoms with E-state index in [4.69, 9.17) is 11.6 Å². The maximum Gasteiger partial charge on any atom is 0.283 e. The number of nitro benzene ring substituents is 1. The van der Waals surface area contributed by atoms with Crippen molar-refractivity contribution in [2.24, 2.45) is 0 Å². The Kier molecular flexibility index (Phi) is 4.25. The van der Waals surface area contributed by atoms with Gasteiger partial charge in [0.1, 0.15) is 10.7 Å². The average molecular weight is 351 g/mol. The lowest BCUT2D eigenvalue weighted by atomic mass is 10.2. The number of imide groups is 1. The van der Waals surface area contributed by atoms with Gasteiger partial charge in [0.2, 0.25) is 0 Å². The van der Waals surface area contributed by atoms with Crippen molar-refractivity contribution in [3.05, 3.63) is 45.1 Å². The summed E-state index contributed by atoms with van der Waals surface area (Å²) in [4.78, 5) is 40.3. The van der Waals surface area contributed by atoms with Gasteiger partial charge in [0, 0.05) is 38.3 Å². The summed E-state index contributed by atoms with van der Waals surface area (Å²) in [6.07, 6.45) is 0. The largest absolute Gasteiger partial charge is 0.363 e. The summed E-state index contributed by atoms with van der Waals surface area (Å²) in [6.45, 7) is 2.69. The zero-order valence-electron chi connectivity index (χ0n) is 12.9. The second-order valence-corrected chi connectivity index (χ2v) is 6.05. The number of nitrogens with zero attached hydrogens (tertiary/aromatic N) is 4. The van der Waals surface area contributed by atoms with Crippen LogP contribution in [0.2, 0.25) is 0 Å². The molecule has 0 bridgehead atoms. The van der Waals surface area contributed by atoms with Crippen LogP contribution < -0.4 is 4.90 Å². The van der Waals surface area contributed by atoms with Crippen LogP contribution >= 0.6 is 11.6 Å². The Morgan fingerprint density at radius 3 is 2.42 bits per heavy atom. The number of carbonyl (C=O) groups is 2. The van der Waals surface area contributed by atoms with Gasteiger partial charge in [-0.1, -0.05) is 17.7 Å². The fraction of sp³-hybridized carbons (Fsp3) is 0.333. The molecule has 24 heavy (non-hydrogen) atoms. The number of non-ortho nitro benzene ring substituents is 1. The minimum absolute atomic E-state index is 0.140. The van der Waals surface area contributed by atoms with Gasteiger partial charge < -0.3 is 9.80 Å². The molecule has 1 saturated heterocycles. The lowest BCUT2D eigenvalue weighted by molar-refractivity contribution is -0.384. The van der Waals surface area contributed by atoms with E-state index in [1.165, 1.54) is 24.3 Å². The Bertz CT molecular complexity index is 756. The van der Waals surface area contributed by atoms with Crippen LogP contribution in [0.25, 0.3) is 0 Å². The number of rotatable bonds is 3. The highest BCUT2D eigenvalue weighted by atomic mass is 35.5. The van der Waals surface area contributed by atoms with Gasteiger partial charge in [-0.05, 0) is 13.1 Å². The topological polar surface area (TPSA) is 87.0 Å². The molecule has 0 spiro atoms. The van der Waals surface area contributed by atoms with Crippen LogP contribution in [0.1, 0.15) is 0 Å². The Labute approximate surface area is 143 Å². The first-order valence-corrected chi connectivity index (χ1v) is 7.74. The van der Waals surface area contributed by atoms with Crippen molar-refractivity contribution in [3.63, 3.8) is 0 Å². The van der Waals surface area contributed by atoms with Crippen molar-refractivity contribution >= 4 is 34.8 Å². The molecule has 126 valence electrons. The number of amides is 2. The number of likely N-dealkylation sites (N-methyl/N-ethyl adjacent to an activating group) is 1. The minimum atomic E-state index is -0.656. The molecule has 0 saturated carbocycles. The SMILES string of the molecule is CN1CCN(C2=C(Cl)C(=O)N(c3cccc([N+](=O)[O-])c3)C2=O)CC1. The normalized spacial score (nSPS) is 19.4. The van der Waals surface area contributed by atoms with Gasteiger partial charge in [0.15, 0.2) is 0 Å². The van der Waals surface area contributed by atoms with E-state index in [0.717, 1.165) is 18.0 Å². The molecule has 1 aromatic rings. The summed E-state index contributed by atoms with van der Waals surface area (Å²) in [6, 6.07) is 5.38. The third kappa shape index (κ3) is 2.74. The molecular formula is C15H15ClN4O4. The molecule has 0 aliphatic carbocycles. The third-order valence-corrected chi connectivity index (χ3v) is 4.46. The van der Waals surface area contributed by atoms with Crippen LogP contribution in [0, 0.1) is 10.1 Å². The van der Waals surface area contributed by atoms with Gasteiger partial charge >= 0.3 is 0 Å². The molecule has 1 aromatic carbocycles. The highest BCUT2D eigenvalue weighted by molar-refractivity contribution is 6.52. The van der Waals surface area contributed by atoms with Gasteiger partial charge in [0.25, 0.3) is 17.5 Å². The van der Waals surface area contributed by atoms with Crippen molar-refractivity contribution in [1.82, 2.24) is 9.80 Å².